The molecule has 2 atom stereocenters. The summed E-state index contributed by atoms with van der Waals surface area (Å²) in [5, 5.41) is 5.26. The van der Waals surface area contributed by atoms with E-state index in [1.54, 1.807) is 10.3 Å². The number of hydrogen-bond donors (Lipinski definition) is 2. The number of likely N-dealkylation sites (tertiary alicyclic amines) is 1. The highest BCUT2D eigenvalue weighted by atomic mass is 32.1. The largest absolute Gasteiger partial charge is 0.416 e. The Bertz CT molecular complexity index is 1220. The van der Waals surface area contributed by atoms with Gasteiger partial charge < -0.3 is 20.7 Å². The molecule has 0 radical (unpaired) electrons. The van der Waals surface area contributed by atoms with Gasteiger partial charge in [-0.1, -0.05) is 42.5 Å². The molecule has 202 valence electrons. The van der Waals surface area contributed by atoms with Gasteiger partial charge in [-0.3, -0.25) is 9.59 Å². The van der Waals surface area contributed by atoms with Crippen molar-refractivity contribution in [1.82, 2.24) is 15.2 Å². The Hall–Kier alpha value is -3.28. The van der Waals surface area contributed by atoms with Crippen molar-refractivity contribution in [3.8, 4) is 11.3 Å². The predicted molar refractivity (Wildman–Crippen MR) is 138 cm³/mol. The molecule has 7 nitrogen and oxygen atoms in total. The molecule has 4 rings (SSSR count). The summed E-state index contributed by atoms with van der Waals surface area (Å²) < 4.78 is 43.9. The smallest absolute Gasteiger partial charge is 0.370 e. The monoisotopic (exact) mass is 546 g/mol. The van der Waals surface area contributed by atoms with Crippen LogP contribution in [0.2, 0.25) is 0 Å². The number of amides is 2. The fourth-order valence-electron chi connectivity index (χ4n) is 4.24. The molecule has 11 heteroatoms. The van der Waals surface area contributed by atoms with Crippen molar-refractivity contribution in [2.24, 2.45) is 11.7 Å². The number of carbonyl (C=O) groups is 2. The normalized spacial score (nSPS) is 16.7. The van der Waals surface area contributed by atoms with Gasteiger partial charge >= 0.3 is 6.18 Å². The summed E-state index contributed by atoms with van der Waals surface area (Å²) in [6, 6.07) is 14.0. The second kappa shape index (κ2) is 12.5. The Balaban J connectivity index is 1.22. The highest BCUT2D eigenvalue weighted by Crippen LogP contribution is 2.31. The molecule has 1 aliphatic heterocycles. The van der Waals surface area contributed by atoms with Crippen LogP contribution < -0.4 is 11.1 Å². The van der Waals surface area contributed by atoms with E-state index >= 15 is 0 Å². The van der Waals surface area contributed by atoms with Crippen LogP contribution in [-0.4, -0.2) is 48.0 Å². The van der Waals surface area contributed by atoms with Gasteiger partial charge in [0, 0.05) is 24.0 Å². The van der Waals surface area contributed by atoms with E-state index in [2.05, 4.69) is 10.3 Å². The van der Waals surface area contributed by atoms with Crippen LogP contribution in [0.15, 0.2) is 60.0 Å². The molecule has 0 saturated carbocycles. The standard InChI is InChI=1S/C27H29F3N4O3S/c28-27(29,30)21-10-8-19(9-11-21)23-17-38-24(33-23)13-32-26(36)20-7-4-12-34(14-20)25(35)16-37-15-22(31)18-5-2-1-3-6-18/h1-3,5-6,8-11,17,20,22H,4,7,12-16,31H2,(H,32,36)/t20-,22+/m0/s1. The Kier molecular flexibility index (Phi) is 9.13. The highest BCUT2D eigenvalue weighted by molar-refractivity contribution is 7.09. The van der Waals surface area contributed by atoms with E-state index in [9.17, 15) is 22.8 Å². The maximum Gasteiger partial charge on any atom is 0.416 e. The van der Waals surface area contributed by atoms with Crippen LogP contribution in [-0.2, 0) is 27.0 Å². The van der Waals surface area contributed by atoms with Gasteiger partial charge in [-0.15, -0.1) is 11.3 Å². The summed E-state index contributed by atoms with van der Waals surface area (Å²) in [5.41, 5.74) is 7.45. The Morgan fingerprint density at radius 1 is 1.16 bits per heavy atom. The van der Waals surface area contributed by atoms with Crippen LogP contribution >= 0.6 is 11.3 Å². The first kappa shape index (κ1) is 27.7. The number of benzene rings is 2. The summed E-state index contributed by atoms with van der Waals surface area (Å²) in [5.74, 6) is -0.682. The number of ether oxygens (including phenoxy) is 1. The van der Waals surface area contributed by atoms with Crippen LogP contribution in [0.25, 0.3) is 11.3 Å². The number of aromatic nitrogens is 1. The van der Waals surface area contributed by atoms with Crippen LogP contribution in [0.3, 0.4) is 0 Å². The van der Waals surface area contributed by atoms with Gasteiger partial charge in [-0.2, -0.15) is 13.2 Å². The van der Waals surface area contributed by atoms with Crippen LogP contribution in [0.5, 0.6) is 0 Å². The molecule has 1 fully saturated rings. The second-order valence-electron chi connectivity index (χ2n) is 9.13. The SMILES string of the molecule is N[C@H](COCC(=O)N1CCC[C@H](C(=O)NCc2nc(-c3ccc(C(F)(F)F)cc3)cs2)C1)c1ccccc1. The number of carbonyl (C=O) groups excluding carboxylic acids is 2. The molecular weight excluding hydrogens is 517 g/mol. The Morgan fingerprint density at radius 2 is 1.89 bits per heavy atom. The van der Waals surface area contributed by atoms with E-state index in [0.29, 0.717) is 42.2 Å². The van der Waals surface area contributed by atoms with Gasteiger partial charge in [0.2, 0.25) is 11.8 Å². The lowest BCUT2D eigenvalue weighted by molar-refractivity contribution is -0.140. The number of halogens is 3. The second-order valence-corrected chi connectivity index (χ2v) is 10.1. The van der Waals surface area contributed by atoms with Gasteiger partial charge in [0.25, 0.3) is 0 Å². The maximum atomic E-state index is 12.8. The molecule has 2 heterocycles. The van der Waals surface area contributed by atoms with Gasteiger partial charge in [0.05, 0.1) is 36.4 Å². The lowest BCUT2D eigenvalue weighted by Gasteiger charge is -2.32. The van der Waals surface area contributed by atoms with Crippen LogP contribution in [0, 0.1) is 5.92 Å². The third-order valence-corrected chi connectivity index (χ3v) is 7.22. The average molecular weight is 547 g/mol. The molecule has 1 aliphatic rings. The van der Waals surface area contributed by atoms with E-state index in [0.717, 1.165) is 17.7 Å². The first-order valence-corrected chi connectivity index (χ1v) is 13.1. The number of nitrogens with zero attached hydrogens (tertiary/aromatic N) is 2. The number of nitrogens with one attached hydrogen (secondary N) is 1. The van der Waals surface area contributed by atoms with Crippen molar-refractivity contribution in [1.29, 1.82) is 0 Å². The molecule has 3 aromatic rings. The van der Waals surface area contributed by atoms with Gasteiger partial charge in [-0.25, -0.2) is 4.98 Å². The lowest BCUT2D eigenvalue weighted by atomic mass is 9.97. The molecular formula is C27H29F3N4O3S. The zero-order valence-electron chi connectivity index (χ0n) is 20.6. The lowest BCUT2D eigenvalue weighted by Crippen LogP contribution is -2.46. The summed E-state index contributed by atoms with van der Waals surface area (Å²) >= 11 is 1.32. The third-order valence-electron chi connectivity index (χ3n) is 6.37. The van der Waals surface area contributed by atoms with E-state index < -0.39 is 11.7 Å². The first-order valence-electron chi connectivity index (χ1n) is 12.3. The van der Waals surface area contributed by atoms with Crippen molar-refractivity contribution in [2.45, 2.75) is 31.6 Å². The predicted octanol–water partition coefficient (Wildman–Crippen LogP) is 4.40. The molecule has 0 aliphatic carbocycles. The van der Waals surface area contributed by atoms with Crippen molar-refractivity contribution >= 4 is 23.2 Å². The number of rotatable bonds is 9. The van der Waals surface area contributed by atoms with E-state index in [-0.39, 0.29) is 43.5 Å². The summed E-state index contributed by atoms with van der Waals surface area (Å²) in [7, 11) is 0. The van der Waals surface area contributed by atoms with Gasteiger partial charge in [0.1, 0.15) is 11.6 Å². The summed E-state index contributed by atoms with van der Waals surface area (Å²) in [6.07, 6.45) is -3.01. The molecule has 3 N–H and O–H groups in total. The Morgan fingerprint density at radius 3 is 2.61 bits per heavy atom. The minimum absolute atomic E-state index is 0.0965. The molecule has 0 unspecified atom stereocenters. The minimum Gasteiger partial charge on any atom is -0.370 e. The topological polar surface area (TPSA) is 97.5 Å². The van der Waals surface area contributed by atoms with Crippen molar-refractivity contribution in [2.75, 3.05) is 26.3 Å². The molecule has 1 aromatic heterocycles. The number of thiazole rings is 1. The molecule has 2 amide bonds. The Labute approximate surface area is 222 Å². The fraction of sp³-hybridized carbons (Fsp3) is 0.370. The molecule has 2 aromatic carbocycles. The molecule has 0 bridgehead atoms. The molecule has 1 saturated heterocycles. The number of nitrogens with two attached hydrogens (primary N) is 1. The van der Waals surface area contributed by atoms with E-state index in [1.807, 2.05) is 30.3 Å². The molecule has 0 spiro atoms. The van der Waals surface area contributed by atoms with E-state index in [1.165, 1.54) is 23.5 Å². The zero-order valence-corrected chi connectivity index (χ0v) is 21.4. The minimum atomic E-state index is -4.39. The molecule has 38 heavy (non-hydrogen) atoms. The zero-order chi connectivity index (χ0) is 27.1. The highest BCUT2D eigenvalue weighted by Gasteiger charge is 2.30. The van der Waals surface area contributed by atoms with Crippen LogP contribution in [0.1, 0.15) is 35.0 Å². The third kappa shape index (κ3) is 7.40. The van der Waals surface area contributed by atoms with Crippen LogP contribution in [0.4, 0.5) is 13.2 Å². The van der Waals surface area contributed by atoms with Crippen molar-refractivity contribution < 1.29 is 27.5 Å². The van der Waals surface area contributed by atoms with Gasteiger partial charge in [-0.05, 0) is 30.5 Å². The summed E-state index contributed by atoms with van der Waals surface area (Å²) in [6.45, 7) is 1.21. The fourth-order valence-corrected chi connectivity index (χ4v) is 4.98. The summed E-state index contributed by atoms with van der Waals surface area (Å²) in [4.78, 5) is 31.5. The quantitative estimate of drug-likeness (QED) is 0.415. The first-order chi connectivity index (χ1) is 18.2. The van der Waals surface area contributed by atoms with Crippen molar-refractivity contribution in [3.63, 3.8) is 0 Å². The average Bonchev–Trinajstić information content (AvgIpc) is 3.41. The van der Waals surface area contributed by atoms with E-state index in [4.69, 9.17) is 10.5 Å². The number of piperidine rings is 1. The number of hydrogen-bond acceptors (Lipinski definition) is 6. The number of alkyl halides is 3. The van der Waals surface area contributed by atoms with Crippen molar-refractivity contribution in [3.05, 3.63) is 76.1 Å². The van der Waals surface area contributed by atoms with Gasteiger partial charge in [0.15, 0.2) is 0 Å². The maximum absolute atomic E-state index is 12.8.